The molecule has 0 saturated heterocycles. The van der Waals surface area contributed by atoms with Crippen LogP contribution in [0.5, 0.6) is 0 Å². The van der Waals surface area contributed by atoms with Gasteiger partial charge < -0.3 is 24.6 Å². The number of rotatable bonds is 3. The smallest absolute Gasteiger partial charge is 0.449 e. The first kappa shape index (κ1) is 17.3. The van der Waals surface area contributed by atoms with Crippen LogP contribution in [0.15, 0.2) is 47.2 Å². The van der Waals surface area contributed by atoms with Gasteiger partial charge in [0.25, 0.3) is 0 Å². The highest BCUT2D eigenvalue weighted by molar-refractivity contribution is 5.64. The van der Waals surface area contributed by atoms with E-state index in [1.807, 2.05) is 0 Å². The normalized spacial score (nSPS) is 17.2. The Balaban J connectivity index is 2.54. The molecule has 24 heavy (non-hydrogen) atoms. The van der Waals surface area contributed by atoms with Crippen LogP contribution in [0.1, 0.15) is 25.3 Å². The monoisotopic (exact) mass is 337 g/mol. The molecule has 0 spiro atoms. The van der Waals surface area contributed by atoms with E-state index in [0.29, 0.717) is 17.0 Å². The first-order valence-corrected chi connectivity index (χ1v) is 6.94. The number of carboxylic acid groups (broad SMARTS) is 1. The average molecular weight is 337 g/mol. The average Bonchev–Trinajstić information content (AvgIpc) is 2.52. The summed E-state index contributed by atoms with van der Waals surface area (Å²) in [7, 11) is 1.15. The zero-order valence-electron chi connectivity index (χ0n) is 13.3. The molecule has 1 aliphatic heterocycles. The van der Waals surface area contributed by atoms with Crippen molar-refractivity contribution in [1.29, 1.82) is 0 Å². The summed E-state index contributed by atoms with van der Waals surface area (Å²) in [5.74, 6) is -1.17. The number of benzene rings is 1. The van der Waals surface area contributed by atoms with Gasteiger partial charge in [-0.05, 0) is 31.5 Å². The van der Waals surface area contributed by atoms with Crippen LogP contribution in [0.4, 0.5) is 14.0 Å². The van der Waals surface area contributed by atoms with Crippen LogP contribution in [0.25, 0.3) is 0 Å². The highest BCUT2D eigenvalue weighted by Crippen LogP contribution is 2.39. The van der Waals surface area contributed by atoms with E-state index < -0.39 is 24.0 Å². The summed E-state index contributed by atoms with van der Waals surface area (Å²) in [6.07, 6.45) is -2.48. The third kappa shape index (κ3) is 3.65. The number of ether oxygens (including phenoxy) is 3. The molecule has 1 unspecified atom stereocenters. The maximum atomic E-state index is 13.2. The molecule has 0 saturated carbocycles. The summed E-state index contributed by atoms with van der Waals surface area (Å²) in [4.78, 5) is 22.5. The van der Waals surface area contributed by atoms with E-state index in [0.717, 1.165) is 7.11 Å². The minimum absolute atomic E-state index is 0.0265. The van der Waals surface area contributed by atoms with Crippen molar-refractivity contribution in [2.45, 2.75) is 19.8 Å². The lowest BCUT2D eigenvalue weighted by molar-refractivity contribution is 0.0848. The molecule has 0 amide bonds. The SMILES string of the molecule is COC(=O)OC1=C(C)NC(C)=C(OC(=O)O)C1c1ccc(F)cc1. The van der Waals surface area contributed by atoms with Crippen LogP contribution < -0.4 is 5.32 Å². The Hall–Kier alpha value is -3.03. The quantitative estimate of drug-likeness (QED) is 0.816. The number of hydrogen-bond acceptors (Lipinski definition) is 6. The fourth-order valence-corrected chi connectivity index (χ4v) is 2.41. The molecule has 1 atom stereocenters. The Bertz CT molecular complexity index is 723. The molecule has 0 fully saturated rings. The number of nitrogens with one attached hydrogen (secondary N) is 1. The van der Waals surface area contributed by atoms with Crippen LogP contribution in [-0.4, -0.2) is 24.5 Å². The van der Waals surface area contributed by atoms with Crippen molar-refractivity contribution < 1.29 is 33.3 Å². The van der Waals surface area contributed by atoms with Gasteiger partial charge in [-0.25, -0.2) is 14.0 Å². The maximum absolute atomic E-state index is 13.2. The van der Waals surface area contributed by atoms with E-state index in [1.165, 1.54) is 24.3 Å². The number of allylic oxidation sites excluding steroid dienone is 2. The highest BCUT2D eigenvalue weighted by atomic mass is 19.1. The fourth-order valence-electron chi connectivity index (χ4n) is 2.41. The van der Waals surface area contributed by atoms with E-state index in [1.54, 1.807) is 13.8 Å². The molecule has 1 aromatic carbocycles. The van der Waals surface area contributed by atoms with Crippen LogP contribution in [0.2, 0.25) is 0 Å². The predicted octanol–water partition coefficient (Wildman–Crippen LogP) is 3.45. The van der Waals surface area contributed by atoms with Crippen LogP contribution in [0.3, 0.4) is 0 Å². The molecular weight excluding hydrogens is 321 g/mol. The Kier molecular flexibility index (Phi) is 5.08. The first-order chi connectivity index (χ1) is 11.3. The molecule has 1 aromatic rings. The van der Waals surface area contributed by atoms with E-state index in [-0.39, 0.29) is 11.5 Å². The molecule has 8 heteroatoms. The lowest BCUT2D eigenvalue weighted by atomic mass is 9.90. The number of carbonyl (C=O) groups is 2. The number of hydrogen-bond donors (Lipinski definition) is 2. The third-order valence-electron chi connectivity index (χ3n) is 3.40. The predicted molar refractivity (Wildman–Crippen MR) is 80.3 cm³/mol. The van der Waals surface area contributed by atoms with E-state index >= 15 is 0 Å². The number of dihydropyridines is 1. The van der Waals surface area contributed by atoms with Crippen LogP contribution >= 0.6 is 0 Å². The molecule has 0 aliphatic carbocycles. The number of carbonyl (C=O) groups excluding carboxylic acids is 1. The van der Waals surface area contributed by atoms with Crippen molar-refractivity contribution in [3.63, 3.8) is 0 Å². The second-order valence-electron chi connectivity index (χ2n) is 5.01. The summed E-state index contributed by atoms with van der Waals surface area (Å²) in [5.41, 5.74) is 1.40. The fraction of sp³-hybridized carbons (Fsp3) is 0.250. The van der Waals surface area contributed by atoms with Gasteiger partial charge in [0.1, 0.15) is 23.3 Å². The molecule has 1 heterocycles. The lowest BCUT2D eigenvalue weighted by Gasteiger charge is -2.29. The highest BCUT2D eigenvalue weighted by Gasteiger charge is 2.35. The van der Waals surface area contributed by atoms with Gasteiger partial charge in [-0.3, -0.25) is 0 Å². The summed E-state index contributed by atoms with van der Waals surface area (Å²) in [6.45, 7) is 3.27. The molecule has 1 aliphatic rings. The Morgan fingerprint density at radius 2 is 1.62 bits per heavy atom. The number of halogens is 1. The third-order valence-corrected chi connectivity index (χ3v) is 3.40. The minimum atomic E-state index is -1.52. The molecule has 7 nitrogen and oxygen atoms in total. The molecule has 0 bridgehead atoms. The van der Waals surface area contributed by atoms with Gasteiger partial charge in [0.2, 0.25) is 0 Å². The number of methoxy groups -OCH3 is 1. The molecule has 2 rings (SSSR count). The molecule has 128 valence electrons. The van der Waals surface area contributed by atoms with Gasteiger partial charge in [-0.15, -0.1) is 0 Å². The van der Waals surface area contributed by atoms with Crippen molar-refractivity contribution in [1.82, 2.24) is 5.32 Å². The second kappa shape index (κ2) is 7.03. The van der Waals surface area contributed by atoms with Gasteiger partial charge in [-0.1, -0.05) is 12.1 Å². The van der Waals surface area contributed by atoms with Crippen LogP contribution in [-0.2, 0) is 14.2 Å². The van der Waals surface area contributed by atoms with Crippen molar-refractivity contribution in [3.8, 4) is 0 Å². The van der Waals surface area contributed by atoms with Gasteiger partial charge in [-0.2, -0.15) is 0 Å². The van der Waals surface area contributed by atoms with Gasteiger partial charge >= 0.3 is 12.3 Å². The Morgan fingerprint density at radius 1 is 1.08 bits per heavy atom. The molecular formula is C16H16FNO6. The largest absolute Gasteiger partial charge is 0.513 e. The maximum Gasteiger partial charge on any atom is 0.513 e. The second-order valence-corrected chi connectivity index (χ2v) is 5.01. The molecule has 0 aromatic heterocycles. The standard InChI is InChI=1S/C16H16FNO6/c1-8-13(23-15(19)20)12(10-4-6-11(17)7-5-10)14(9(2)18-8)24-16(21)22-3/h4-7,12,18H,1-3H3,(H,19,20). The summed E-state index contributed by atoms with van der Waals surface area (Å²) in [5, 5.41) is 11.9. The first-order valence-electron chi connectivity index (χ1n) is 6.94. The van der Waals surface area contributed by atoms with Crippen molar-refractivity contribution >= 4 is 12.3 Å². The van der Waals surface area contributed by atoms with Crippen molar-refractivity contribution in [3.05, 3.63) is 58.6 Å². The zero-order chi connectivity index (χ0) is 17.9. The van der Waals surface area contributed by atoms with Crippen LogP contribution in [0, 0.1) is 5.82 Å². The zero-order valence-corrected chi connectivity index (χ0v) is 13.3. The Morgan fingerprint density at radius 3 is 2.12 bits per heavy atom. The van der Waals surface area contributed by atoms with Gasteiger partial charge in [0.15, 0.2) is 0 Å². The summed E-state index contributed by atoms with van der Waals surface area (Å²) < 4.78 is 27.7. The van der Waals surface area contributed by atoms with Crippen molar-refractivity contribution in [2.24, 2.45) is 0 Å². The Labute approximate surface area is 137 Å². The topological polar surface area (TPSA) is 94.1 Å². The minimum Gasteiger partial charge on any atom is -0.449 e. The lowest BCUT2D eigenvalue weighted by Crippen LogP contribution is -2.28. The molecule has 2 N–H and O–H groups in total. The van der Waals surface area contributed by atoms with Crippen molar-refractivity contribution in [2.75, 3.05) is 7.11 Å². The summed E-state index contributed by atoms with van der Waals surface area (Å²) in [6, 6.07) is 5.35. The van der Waals surface area contributed by atoms with Gasteiger partial charge in [0, 0.05) is 0 Å². The summed E-state index contributed by atoms with van der Waals surface area (Å²) >= 11 is 0. The molecule has 0 radical (unpaired) electrons. The van der Waals surface area contributed by atoms with E-state index in [2.05, 4.69) is 10.1 Å². The van der Waals surface area contributed by atoms with E-state index in [9.17, 15) is 14.0 Å². The van der Waals surface area contributed by atoms with Gasteiger partial charge in [0.05, 0.1) is 18.5 Å². The van der Waals surface area contributed by atoms with E-state index in [4.69, 9.17) is 14.6 Å².